The number of rotatable bonds is 3. The molecule has 0 amide bonds. The molecular formula is C25H19N3O2. The molecule has 5 aromatic rings. The van der Waals surface area contributed by atoms with Crippen LogP contribution in [-0.2, 0) is 0 Å². The van der Waals surface area contributed by atoms with Gasteiger partial charge in [0.15, 0.2) is 0 Å². The van der Waals surface area contributed by atoms with Crippen molar-refractivity contribution in [3.05, 3.63) is 100 Å². The Morgan fingerprint density at radius 1 is 0.833 bits per heavy atom. The molecule has 2 heterocycles. The van der Waals surface area contributed by atoms with Gasteiger partial charge in [-0.1, -0.05) is 59.3 Å². The van der Waals surface area contributed by atoms with Crippen LogP contribution in [0.1, 0.15) is 11.1 Å². The molecule has 0 N–H and O–H groups in total. The average Bonchev–Trinajstić information content (AvgIpc) is 3.24. The van der Waals surface area contributed by atoms with Crippen LogP contribution in [0.3, 0.4) is 0 Å². The fourth-order valence-corrected chi connectivity index (χ4v) is 3.67. The van der Waals surface area contributed by atoms with Crippen molar-refractivity contribution in [3.8, 4) is 28.5 Å². The number of pyridine rings is 1. The first-order chi connectivity index (χ1) is 14.6. The molecule has 2 aromatic heterocycles. The Morgan fingerprint density at radius 2 is 1.57 bits per heavy atom. The van der Waals surface area contributed by atoms with Gasteiger partial charge in [0.2, 0.25) is 5.82 Å². The van der Waals surface area contributed by atoms with Crippen molar-refractivity contribution in [3.63, 3.8) is 0 Å². The van der Waals surface area contributed by atoms with E-state index in [1.54, 1.807) is 10.8 Å². The second kappa shape index (κ2) is 7.12. The topological polar surface area (TPSA) is 60.9 Å². The van der Waals surface area contributed by atoms with Gasteiger partial charge < -0.3 is 4.52 Å². The lowest BCUT2D eigenvalue weighted by atomic mass is 10.1. The van der Waals surface area contributed by atoms with Gasteiger partial charge in [-0.15, -0.1) is 0 Å². The van der Waals surface area contributed by atoms with Gasteiger partial charge >= 0.3 is 0 Å². The monoisotopic (exact) mass is 393 g/mol. The zero-order chi connectivity index (χ0) is 20.7. The minimum Gasteiger partial charge on any atom is -0.334 e. The number of hydrogen-bond acceptors (Lipinski definition) is 4. The smallest absolute Gasteiger partial charge is 0.262 e. The third kappa shape index (κ3) is 3.10. The summed E-state index contributed by atoms with van der Waals surface area (Å²) in [4.78, 5) is 17.8. The van der Waals surface area contributed by atoms with Gasteiger partial charge in [-0.05, 0) is 43.7 Å². The molecule has 0 unspecified atom stereocenters. The van der Waals surface area contributed by atoms with Crippen LogP contribution < -0.4 is 5.56 Å². The number of benzene rings is 3. The summed E-state index contributed by atoms with van der Waals surface area (Å²) in [5, 5.41) is 5.56. The molecule has 0 aliphatic carbocycles. The number of hydrogen-bond donors (Lipinski definition) is 0. The standard InChI is InChI=1S/C25H19N3O2/c1-16-7-5-9-18(13-16)23-26-24(30-27-23)22-15-28(19-10-6-8-17(2)14-19)25(29)21-12-4-3-11-20(21)22/h3-15H,1-2H3. The summed E-state index contributed by atoms with van der Waals surface area (Å²) in [6.45, 7) is 4.03. The Kier molecular flexibility index (Phi) is 4.29. The van der Waals surface area contributed by atoms with Gasteiger partial charge in [-0.25, -0.2) is 0 Å². The third-order valence-corrected chi connectivity index (χ3v) is 5.14. The summed E-state index contributed by atoms with van der Waals surface area (Å²) in [7, 11) is 0. The van der Waals surface area contributed by atoms with E-state index in [2.05, 4.69) is 10.1 Å². The van der Waals surface area contributed by atoms with Crippen molar-refractivity contribution in [2.75, 3.05) is 0 Å². The first kappa shape index (κ1) is 18.1. The van der Waals surface area contributed by atoms with E-state index in [4.69, 9.17) is 4.52 Å². The van der Waals surface area contributed by atoms with Crippen molar-refractivity contribution >= 4 is 10.8 Å². The Morgan fingerprint density at radius 3 is 2.33 bits per heavy atom. The SMILES string of the molecule is Cc1cccc(-c2noc(-c3cn(-c4cccc(C)c4)c(=O)c4ccccc34)n2)c1. The van der Waals surface area contributed by atoms with Crippen LogP contribution in [0.4, 0.5) is 0 Å². The molecule has 5 heteroatoms. The number of fused-ring (bicyclic) bond motifs is 1. The predicted molar refractivity (Wildman–Crippen MR) is 118 cm³/mol. The lowest BCUT2D eigenvalue weighted by Crippen LogP contribution is -2.18. The van der Waals surface area contributed by atoms with E-state index in [1.807, 2.05) is 86.6 Å². The normalized spacial score (nSPS) is 11.1. The Bertz CT molecular complexity index is 1450. The van der Waals surface area contributed by atoms with Crippen LogP contribution in [0.25, 0.3) is 39.3 Å². The molecule has 5 nitrogen and oxygen atoms in total. The van der Waals surface area contributed by atoms with Crippen molar-refractivity contribution in [1.82, 2.24) is 14.7 Å². The number of nitrogens with zero attached hydrogens (tertiary/aromatic N) is 3. The molecule has 0 saturated carbocycles. The lowest BCUT2D eigenvalue weighted by Gasteiger charge is -2.11. The number of aryl methyl sites for hydroxylation is 2. The fraction of sp³-hybridized carbons (Fsp3) is 0.0800. The van der Waals surface area contributed by atoms with Crippen LogP contribution in [0, 0.1) is 13.8 Å². The molecule has 0 aliphatic heterocycles. The average molecular weight is 393 g/mol. The maximum absolute atomic E-state index is 13.2. The van der Waals surface area contributed by atoms with E-state index < -0.39 is 0 Å². The van der Waals surface area contributed by atoms with E-state index in [1.165, 1.54) is 0 Å². The van der Waals surface area contributed by atoms with Crippen molar-refractivity contribution < 1.29 is 4.52 Å². The summed E-state index contributed by atoms with van der Waals surface area (Å²) in [5.74, 6) is 0.898. The second-order valence-electron chi connectivity index (χ2n) is 7.40. The summed E-state index contributed by atoms with van der Waals surface area (Å²) in [6, 6.07) is 23.3. The molecule has 146 valence electrons. The first-order valence-corrected chi connectivity index (χ1v) is 9.73. The van der Waals surface area contributed by atoms with E-state index in [-0.39, 0.29) is 5.56 Å². The van der Waals surface area contributed by atoms with Gasteiger partial charge in [0.25, 0.3) is 11.4 Å². The zero-order valence-electron chi connectivity index (χ0n) is 16.7. The maximum atomic E-state index is 13.2. The third-order valence-electron chi connectivity index (χ3n) is 5.14. The van der Waals surface area contributed by atoms with E-state index in [0.717, 1.165) is 33.3 Å². The maximum Gasteiger partial charge on any atom is 0.262 e. The molecule has 0 saturated heterocycles. The van der Waals surface area contributed by atoms with E-state index in [0.29, 0.717) is 17.1 Å². The van der Waals surface area contributed by atoms with Gasteiger partial charge in [-0.3, -0.25) is 9.36 Å². The molecule has 3 aromatic carbocycles. The molecule has 0 spiro atoms. The fourth-order valence-electron chi connectivity index (χ4n) is 3.67. The highest BCUT2D eigenvalue weighted by molar-refractivity contribution is 5.94. The van der Waals surface area contributed by atoms with E-state index >= 15 is 0 Å². The zero-order valence-corrected chi connectivity index (χ0v) is 16.7. The Balaban J connectivity index is 1.74. The molecule has 0 atom stereocenters. The highest BCUT2D eigenvalue weighted by atomic mass is 16.5. The van der Waals surface area contributed by atoms with Crippen LogP contribution in [-0.4, -0.2) is 14.7 Å². The van der Waals surface area contributed by atoms with Crippen LogP contribution in [0.2, 0.25) is 0 Å². The highest BCUT2D eigenvalue weighted by Crippen LogP contribution is 2.28. The largest absolute Gasteiger partial charge is 0.334 e. The lowest BCUT2D eigenvalue weighted by molar-refractivity contribution is 0.432. The molecule has 30 heavy (non-hydrogen) atoms. The summed E-state index contributed by atoms with van der Waals surface area (Å²) in [5.41, 5.74) is 4.52. The molecule has 5 rings (SSSR count). The van der Waals surface area contributed by atoms with Crippen LogP contribution >= 0.6 is 0 Å². The predicted octanol–water partition coefficient (Wildman–Crippen LogP) is 5.32. The van der Waals surface area contributed by atoms with Gasteiger partial charge in [0.1, 0.15) is 0 Å². The van der Waals surface area contributed by atoms with Crippen molar-refractivity contribution in [1.29, 1.82) is 0 Å². The van der Waals surface area contributed by atoms with Crippen LogP contribution in [0.15, 0.2) is 88.3 Å². The van der Waals surface area contributed by atoms with Gasteiger partial charge in [-0.2, -0.15) is 4.98 Å². The van der Waals surface area contributed by atoms with Crippen molar-refractivity contribution in [2.45, 2.75) is 13.8 Å². The quantitative estimate of drug-likeness (QED) is 0.416. The number of aromatic nitrogens is 3. The molecular weight excluding hydrogens is 374 g/mol. The Labute approximate surface area is 173 Å². The van der Waals surface area contributed by atoms with E-state index in [9.17, 15) is 4.79 Å². The Hall–Kier alpha value is -3.99. The second-order valence-corrected chi connectivity index (χ2v) is 7.40. The molecule has 0 fully saturated rings. The van der Waals surface area contributed by atoms with Gasteiger partial charge in [0.05, 0.1) is 5.56 Å². The minimum atomic E-state index is -0.0848. The summed E-state index contributed by atoms with van der Waals surface area (Å²) in [6.07, 6.45) is 1.78. The van der Waals surface area contributed by atoms with Gasteiger partial charge in [0, 0.05) is 28.2 Å². The van der Waals surface area contributed by atoms with Crippen LogP contribution in [0.5, 0.6) is 0 Å². The van der Waals surface area contributed by atoms with Crippen molar-refractivity contribution in [2.24, 2.45) is 0 Å². The molecule has 0 radical (unpaired) electrons. The summed E-state index contributed by atoms with van der Waals surface area (Å²) >= 11 is 0. The first-order valence-electron chi connectivity index (χ1n) is 9.73. The molecule has 0 aliphatic rings. The highest BCUT2D eigenvalue weighted by Gasteiger charge is 2.17. The summed E-state index contributed by atoms with van der Waals surface area (Å²) < 4.78 is 7.27. The minimum absolute atomic E-state index is 0.0848. The molecule has 0 bridgehead atoms.